The minimum atomic E-state index is -1.36. The summed E-state index contributed by atoms with van der Waals surface area (Å²) in [4.78, 5) is 34.7. The van der Waals surface area contributed by atoms with Gasteiger partial charge in [-0.25, -0.2) is 4.79 Å². The molecule has 4 N–H and O–H groups in total. The molecule has 1 amide bonds. The van der Waals surface area contributed by atoms with Crippen LogP contribution in [0.15, 0.2) is 0 Å². The largest absolute Gasteiger partial charge is 0.480 e. The molecule has 0 radical (unpaired) electrons. The van der Waals surface area contributed by atoms with Gasteiger partial charge in [-0.2, -0.15) is 0 Å². The molecule has 0 aliphatic carbocycles. The molecule has 0 bridgehead atoms. The van der Waals surface area contributed by atoms with E-state index in [-0.39, 0.29) is 0 Å². The average Bonchev–Trinajstić information content (AvgIpc) is 2.22. The van der Waals surface area contributed by atoms with Gasteiger partial charge < -0.3 is 20.9 Å². The second kappa shape index (κ2) is 6.89. The number of ether oxygens (including phenoxy) is 1. The smallest absolute Gasteiger partial charge is 0.326 e. The number of nitrogens with one attached hydrogen (secondary N) is 1. The molecule has 7 nitrogen and oxygen atoms in total. The highest BCUT2D eigenvalue weighted by Crippen LogP contribution is 2.17. The van der Waals surface area contributed by atoms with Gasteiger partial charge in [0.15, 0.2) is 0 Å². The Labute approximate surface area is 125 Å². The lowest BCUT2D eigenvalue weighted by Gasteiger charge is -2.27. The molecule has 0 aromatic heterocycles. The van der Waals surface area contributed by atoms with E-state index in [2.05, 4.69) is 5.32 Å². The lowest BCUT2D eigenvalue weighted by atomic mass is 9.87. The van der Waals surface area contributed by atoms with Crippen LogP contribution in [-0.2, 0) is 19.1 Å². The first-order chi connectivity index (χ1) is 9.24. The summed E-state index contributed by atoms with van der Waals surface area (Å²) in [6, 6.07) is -2.24. The van der Waals surface area contributed by atoms with Gasteiger partial charge in [-0.05, 0) is 26.2 Å². The van der Waals surface area contributed by atoms with Crippen LogP contribution < -0.4 is 11.1 Å². The van der Waals surface area contributed by atoms with Crippen LogP contribution in [0.3, 0.4) is 0 Å². The fourth-order valence-corrected chi connectivity index (χ4v) is 1.40. The SMILES string of the molecule is CC(C)(C)OC(=O)C[C@H](NC(=O)[C@@H](N)C(C)(C)C)C(=O)O. The van der Waals surface area contributed by atoms with Crippen molar-refractivity contribution in [3.05, 3.63) is 0 Å². The molecule has 21 heavy (non-hydrogen) atoms. The highest BCUT2D eigenvalue weighted by atomic mass is 16.6. The molecule has 0 aromatic rings. The molecule has 0 aliphatic rings. The van der Waals surface area contributed by atoms with Gasteiger partial charge in [0.25, 0.3) is 0 Å². The molecule has 7 heteroatoms. The van der Waals surface area contributed by atoms with Crippen molar-refractivity contribution < 1.29 is 24.2 Å². The lowest BCUT2D eigenvalue weighted by molar-refractivity contribution is -0.158. The van der Waals surface area contributed by atoms with Crippen LogP contribution in [0.5, 0.6) is 0 Å². The molecule has 0 fully saturated rings. The molecule has 0 aliphatic heterocycles. The van der Waals surface area contributed by atoms with Crippen LogP contribution in [0.2, 0.25) is 0 Å². The number of esters is 1. The second-order valence-corrected chi connectivity index (χ2v) is 7.03. The molecular formula is C14H26N2O5. The number of hydrogen-bond donors (Lipinski definition) is 3. The van der Waals surface area contributed by atoms with Gasteiger partial charge >= 0.3 is 11.9 Å². The van der Waals surface area contributed by atoms with Crippen molar-refractivity contribution in [1.82, 2.24) is 5.32 Å². The Balaban J connectivity index is 4.76. The van der Waals surface area contributed by atoms with E-state index in [0.717, 1.165) is 0 Å². The van der Waals surface area contributed by atoms with E-state index >= 15 is 0 Å². The van der Waals surface area contributed by atoms with Crippen LogP contribution in [0.4, 0.5) is 0 Å². The summed E-state index contributed by atoms with van der Waals surface area (Å²) in [5.74, 6) is -2.62. The summed E-state index contributed by atoms with van der Waals surface area (Å²) in [5, 5.41) is 11.4. The van der Waals surface area contributed by atoms with Gasteiger partial charge in [-0.1, -0.05) is 20.8 Å². The zero-order chi connectivity index (χ0) is 17.0. The zero-order valence-electron chi connectivity index (χ0n) is 13.5. The summed E-state index contributed by atoms with van der Waals surface area (Å²) >= 11 is 0. The molecule has 0 aromatic carbocycles. The summed E-state index contributed by atoms with van der Waals surface area (Å²) in [5.41, 5.74) is 4.52. The van der Waals surface area contributed by atoms with E-state index < -0.39 is 47.4 Å². The minimum absolute atomic E-state index is 0.449. The van der Waals surface area contributed by atoms with Crippen LogP contribution in [-0.4, -0.2) is 40.6 Å². The standard InChI is InChI=1S/C14H26N2O5/c1-13(2,3)10(15)11(18)16-8(12(19)20)7-9(17)21-14(4,5)6/h8,10H,7,15H2,1-6H3,(H,16,18)(H,19,20)/t8-,10+/m0/s1. The minimum Gasteiger partial charge on any atom is -0.480 e. The Bertz CT molecular complexity index is 407. The van der Waals surface area contributed by atoms with Crippen molar-refractivity contribution in [2.75, 3.05) is 0 Å². The van der Waals surface area contributed by atoms with E-state index in [1.54, 1.807) is 41.5 Å². The van der Waals surface area contributed by atoms with E-state index in [1.165, 1.54) is 0 Å². The summed E-state index contributed by atoms with van der Waals surface area (Å²) < 4.78 is 5.04. The number of amides is 1. The number of hydrogen-bond acceptors (Lipinski definition) is 5. The second-order valence-electron chi connectivity index (χ2n) is 7.03. The Hall–Kier alpha value is -1.63. The number of carbonyl (C=O) groups excluding carboxylic acids is 2. The maximum absolute atomic E-state index is 11.9. The quantitative estimate of drug-likeness (QED) is 0.642. The topological polar surface area (TPSA) is 119 Å². The summed E-state index contributed by atoms with van der Waals surface area (Å²) in [7, 11) is 0. The van der Waals surface area contributed by atoms with Crippen LogP contribution in [0.1, 0.15) is 48.0 Å². The molecule has 2 atom stereocenters. The number of carboxylic acids is 1. The predicted octanol–water partition coefficient (Wildman–Crippen LogP) is 0.661. The molecule has 0 saturated carbocycles. The molecule has 0 saturated heterocycles. The molecular weight excluding hydrogens is 276 g/mol. The first-order valence-electron chi connectivity index (χ1n) is 6.74. The maximum atomic E-state index is 11.9. The third-order valence-corrected chi connectivity index (χ3v) is 2.62. The molecule has 0 spiro atoms. The molecule has 0 rings (SSSR count). The predicted molar refractivity (Wildman–Crippen MR) is 77.5 cm³/mol. The van der Waals surface area contributed by atoms with Crippen LogP contribution in [0.25, 0.3) is 0 Å². The third-order valence-electron chi connectivity index (χ3n) is 2.62. The van der Waals surface area contributed by atoms with E-state index in [4.69, 9.17) is 15.6 Å². The van der Waals surface area contributed by atoms with E-state index in [9.17, 15) is 14.4 Å². The summed E-state index contributed by atoms with van der Waals surface area (Å²) in [6.07, 6.45) is -0.449. The van der Waals surface area contributed by atoms with Crippen molar-refractivity contribution in [3.63, 3.8) is 0 Å². The maximum Gasteiger partial charge on any atom is 0.326 e. The van der Waals surface area contributed by atoms with Crippen molar-refractivity contribution in [3.8, 4) is 0 Å². The van der Waals surface area contributed by atoms with Crippen molar-refractivity contribution >= 4 is 17.8 Å². The average molecular weight is 302 g/mol. The van der Waals surface area contributed by atoms with Gasteiger partial charge in [-0.3, -0.25) is 9.59 Å². The number of carboxylic acid groups (broad SMARTS) is 1. The number of nitrogens with two attached hydrogens (primary N) is 1. The molecule has 0 heterocycles. The Morgan fingerprint density at radius 1 is 1.14 bits per heavy atom. The third kappa shape index (κ3) is 7.65. The van der Waals surface area contributed by atoms with Gasteiger partial charge in [0.2, 0.25) is 5.91 Å². The van der Waals surface area contributed by atoms with Gasteiger partial charge in [0, 0.05) is 0 Å². The summed E-state index contributed by atoms with van der Waals surface area (Å²) in [6.45, 7) is 10.3. The molecule has 0 unspecified atom stereocenters. The van der Waals surface area contributed by atoms with E-state index in [0.29, 0.717) is 0 Å². The van der Waals surface area contributed by atoms with Gasteiger partial charge in [0.05, 0.1) is 12.5 Å². The van der Waals surface area contributed by atoms with E-state index in [1.807, 2.05) is 0 Å². The first-order valence-corrected chi connectivity index (χ1v) is 6.74. The lowest BCUT2D eigenvalue weighted by Crippen LogP contribution is -2.53. The molecule has 122 valence electrons. The van der Waals surface area contributed by atoms with Crippen molar-refractivity contribution in [2.45, 2.75) is 65.6 Å². The fraction of sp³-hybridized carbons (Fsp3) is 0.786. The Kier molecular flexibility index (Phi) is 6.35. The number of carbonyl (C=O) groups is 3. The monoisotopic (exact) mass is 302 g/mol. The Morgan fingerprint density at radius 2 is 1.62 bits per heavy atom. The highest BCUT2D eigenvalue weighted by Gasteiger charge is 2.32. The normalized spacial score (nSPS) is 15.0. The fourth-order valence-electron chi connectivity index (χ4n) is 1.40. The van der Waals surface area contributed by atoms with Crippen LogP contribution >= 0.6 is 0 Å². The number of aliphatic carboxylic acids is 1. The number of rotatable bonds is 5. The van der Waals surface area contributed by atoms with Crippen LogP contribution in [0, 0.1) is 5.41 Å². The zero-order valence-corrected chi connectivity index (χ0v) is 13.5. The highest BCUT2D eigenvalue weighted by molar-refractivity contribution is 5.89. The van der Waals surface area contributed by atoms with Crippen molar-refractivity contribution in [2.24, 2.45) is 11.1 Å². The Morgan fingerprint density at radius 3 is 1.95 bits per heavy atom. The first kappa shape index (κ1) is 19.4. The van der Waals surface area contributed by atoms with Crippen molar-refractivity contribution in [1.29, 1.82) is 0 Å². The van der Waals surface area contributed by atoms with Gasteiger partial charge in [-0.15, -0.1) is 0 Å². The van der Waals surface area contributed by atoms with Gasteiger partial charge in [0.1, 0.15) is 11.6 Å².